The van der Waals surface area contributed by atoms with Crippen LogP contribution in [0.1, 0.15) is 213 Å². The third-order valence-corrected chi connectivity index (χ3v) is 7.45. The molecular formula is C36H69NdO6. The fraction of sp³-hybridized carbons (Fsp3) is 0.917. The summed E-state index contributed by atoms with van der Waals surface area (Å²) in [6.07, 6.45) is 33.5. The molecule has 0 rings (SSSR count). The molecule has 43 heavy (non-hydrogen) atoms. The molecule has 0 saturated carbocycles. The fourth-order valence-electron chi connectivity index (χ4n) is 4.74. The van der Waals surface area contributed by atoms with Crippen LogP contribution >= 0.6 is 0 Å². The van der Waals surface area contributed by atoms with E-state index in [0.717, 1.165) is 38.5 Å². The number of unbranched alkanes of at least 4 members (excludes halogenated alkanes) is 24. The van der Waals surface area contributed by atoms with E-state index in [-0.39, 0.29) is 60.1 Å². The molecule has 253 valence electrons. The zero-order chi connectivity index (χ0) is 31.9. The van der Waals surface area contributed by atoms with E-state index in [1.807, 2.05) is 0 Å². The van der Waals surface area contributed by atoms with E-state index < -0.39 is 17.9 Å². The summed E-state index contributed by atoms with van der Waals surface area (Å²) in [6, 6.07) is 0. The zero-order valence-corrected chi connectivity index (χ0v) is 31.9. The number of hydrogen-bond acceptors (Lipinski definition) is 6. The van der Waals surface area contributed by atoms with Crippen LogP contribution < -0.4 is 15.3 Å². The summed E-state index contributed by atoms with van der Waals surface area (Å²) in [5.74, 6) is -2.73. The molecule has 0 aliphatic heterocycles. The Morgan fingerprint density at radius 1 is 0.302 bits per heavy atom. The van der Waals surface area contributed by atoms with Gasteiger partial charge in [0.05, 0.1) is 0 Å². The van der Waals surface area contributed by atoms with Crippen molar-refractivity contribution in [3.05, 3.63) is 0 Å². The number of carboxylic acids is 3. The largest absolute Gasteiger partial charge is 3.00 e. The molecule has 0 saturated heterocycles. The molecule has 1 radical (unpaired) electrons. The first-order chi connectivity index (χ1) is 20.3. The Morgan fingerprint density at radius 2 is 0.442 bits per heavy atom. The second-order valence-corrected chi connectivity index (χ2v) is 11.9. The van der Waals surface area contributed by atoms with Crippen molar-refractivity contribution in [3.63, 3.8) is 0 Å². The minimum absolute atomic E-state index is 0. The Labute approximate surface area is 299 Å². The van der Waals surface area contributed by atoms with E-state index in [1.54, 1.807) is 0 Å². The first-order valence-electron chi connectivity index (χ1n) is 17.9. The van der Waals surface area contributed by atoms with Crippen molar-refractivity contribution in [1.82, 2.24) is 0 Å². The quantitative estimate of drug-likeness (QED) is 0.0689. The summed E-state index contributed by atoms with van der Waals surface area (Å²) < 4.78 is 0. The first-order valence-corrected chi connectivity index (χ1v) is 17.9. The Balaban J connectivity index is -0.000000262. The van der Waals surface area contributed by atoms with Gasteiger partial charge in [0.2, 0.25) is 0 Å². The van der Waals surface area contributed by atoms with Gasteiger partial charge in [-0.1, -0.05) is 175 Å². The van der Waals surface area contributed by atoms with Gasteiger partial charge in [-0.25, -0.2) is 0 Å². The van der Waals surface area contributed by atoms with Crippen LogP contribution in [-0.2, 0) is 14.4 Å². The van der Waals surface area contributed by atoms with Gasteiger partial charge in [0, 0.05) is 17.9 Å². The van der Waals surface area contributed by atoms with Gasteiger partial charge in [0.25, 0.3) is 0 Å². The number of carboxylic acid groups (broad SMARTS) is 3. The van der Waals surface area contributed by atoms with E-state index in [2.05, 4.69) is 20.8 Å². The number of carbonyl (C=O) groups is 3. The molecule has 0 aromatic rings. The molecule has 0 heterocycles. The Kier molecular flexibility index (Phi) is 53.3. The van der Waals surface area contributed by atoms with Crippen molar-refractivity contribution in [2.75, 3.05) is 0 Å². The third kappa shape index (κ3) is 61.5. The van der Waals surface area contributed by atoms with Gasteiger partial charge in [0.15, 0.2) is 0 Å². The molecule has 0 aliphatic rings. The van der Waals surface area contributed by atoms with Crippen LogP contribution in [0.5, 0.6) is 0 Å². The van der Waals surface area contributed by atoms with Gasteiger partial charge in [-0.05, 0) is 38.5 Å². The Hall–Kier alpha value is -0.239. The van der Waals surface area contributed by atoms with Crippen LogP contribution in [0.25, 0.3) is 0 Å². The van der Waals surface area contributed by atoms with E-state index in [0.29, 0.717) is 0 Å². The van der Waals surface area contributed by atoms with E-state index in [9.17, 15) is 29.7 Å². The minimum Gasteiger partial charge on any atom is -0.550 e. The second kappa shape index (κ2) is 46.2. The standard InChI is InChI=1S/3C12H24O2.Nd/c3*1-2-3-4-5-6-7-8-9-10-11-12(13)14;/h3*2-11H2,1H3,(H,13,14);/q;;;+3/p-3. The predicted octanol–water partition coefficient (Wildman–Crippen LogP) is 7.97. The molecule has 7 heteroatoms. The van der Waals surface area contributed by atoms with Crippen LogP contribution in [0.4, 0.5) is 0 Å². The summed E-state index contributed by atoms with van der Waals surface area (Å²) in [6.45, 7) is 6.67. The monoisotopic (exact) mass is 739 g/mol. The van der Waals surface area contributed by atoms with Crippen LogP contribution in [0.3, 0.4) is 0 Å². The average molecular weight is 742 g/mol. The van der Waals surface area contributed by atoms with Crippen LogP contribution in [-0.4, -0.2) is 17.9 Å². The smallest absolute Gasteiger partial charge is 0.550 e. The molecular weight excluding hydrogens is 673 g/mol. The topological polar surface area (TPSA) is 120 Å². The summed E-state index contributed by atoms with van der Waals surface area (Å²) in [7, 11) is 0. The van der Waals surface area contributed by atoms with Gasteiger partial charge in [0.1, 0.15) is 0 Å². The predicted molar refractivity (Wildman–Crippen MR) is 171 cm³/mol. The number of aliphatic carboxylic acids is 3. The average Bonchev–Trinajstić information content (AvgIpc) is 2.95. The molecule has 0 aromatic heterocycles. The summed E-state index contributed by atoms with van der Waals surface area (Å²) >= 11 is 0. The minimum atomic E-state index is -0.909. The molecule has 0 spiro atoms. The van der Waals surface area contributed by atoms with Crippen molar-refractivity contribution in [2.24, 2.45) is 0 Å². The SMILES string of the molecule is CCCCCCCCCCCC(=O)[O-].CCCCCCCCCCCC(=O)[O-].CCCCCCCCCCCC(=O)[O-].[Nd+3]. The maximum atomic E-state index is 10.1. The molecule has 0 unspecified atom stereocenters. The molecule has 0 N–H and O–H groups in total. The molecule has 0 bridgehead atoms. The summed E-state index contributed by atoms with van der Waals surface area (Å²) in [4.78, 5) is 30.3. The van der Waals surface area contributed by atoms with Crippen LogP contribution in [0.2, 0.25) is 0 Å². The van der Waals surface area contributed by atoms with E-state index >= 15 is 0 Å². The maximum absolute atomic E-state index is 10.1. The molecule has 0 atom stereocenters. The maximum Gasteiger partial charge on any atom is 3.00 e. The van der Waals surface area contributed by atoms with Crippen molar-refractivity contribution in [1.29, 1.82) is 0 Å². The van der Waals surface area contributed by atoms with Crippen molar-refractivity contribution >= 4 is 17.9 Å². The summed E-state index contributed by atoms with van der Waals surface area (Å²) in [5.41, 5.74) is 0. The summed E-state index contributed by atoms with van der Waals surface area (Å²) in [5, 5.41) is 30.3. The van der Waals surface area contributed by atoms with Gasteiger partial charge >= 0.3 is 40.8 Å². The molecule has 0 amide bonds. The Bertz CT molecular complexity index is 480. The van der Waals surface area contributed by atoms with Gasteiger partial charge in [-0.2, -0.15) is 0 Å². The number of hydrogen-bond donors (Lipinski definition) is 0. The molecule has 0 aliphatic carbocycles. The zero-order valence-electron chi connectivity index (χ0n) is 28.7. The van der Waals surface area contributed by atoms with Gasteiger partial charge < -0.3 is 29.7 Å². The second-order valence-electron chi connectivity index (χ2n) is 11.9. The van der Waals surface area contributed by atoms with E-state index in [1.165, 1.54) is 135 Å². The number of carbonyl (C=O) groups excluding carboxylic acids is 3. The van der Waals surface area contributed by atoms with E-state index in [4.69, 9.17) is 0 Å². The third-order valence-electron chi connectivity index (χ3n) is 7.45. The molecule has 0 aromatic carbocycles. The Morgan fingerprint density at radius 3 is 0.581 bits per heavy atom. The molecule has 6 nitrogen and oxygen atoms in total. The fourth-order valence-corrected chi connectivity index (χ4v) is 4.74. The van der Waals surface area contributed by atoms with Gasteiger partial charge in [-0.3, -0.25) is 0 Å². The first kappa shape index (κ1) is 49.6. The van der Waals surface area contributed by atoms with Gasteiger partial charge in [-0.15, -0.1) is 0 Å². The molecule has 0 fully saturated rings. The van der Waals surface area contributed by atoms with Crippen molar-refractivity contribution in [2.45, 2.75) is 213 Å². The van der Waals surface area contributed by atoms with Crippen molar-refractivity contribution < 1.29 is 70.5 Å². The van der Waals surface area contributed by atoms with Crippen molar-refractivity contribution in [3.8, 4) is 0 Å². The van der Waals surface area contributed by atoms with Crippen LogP contribution in [0, 0.1) is 40.8 Å². The number of rotatable bonds is 30. The normalized spacial score (nSPS) is 10.1. The van der Waals surface area contributed by atoms with Crippen LogP contribution in [0.15, 0.2) is 0 Å².